The summed E-state index contributed by atoms with van der Waals surface area (Å²) < 4.78 is 53.5. The first-order chi connectivity index (χ1) is 24.0. The van der Waals surface area contributed by atoms with E-state index in [0.717, 1.165) is 39.3 Å². The number of hydrogen-bond acceptors (Lipinski definition) is 9. The average Bonchev–Trinajstić information content (AvgIpc) is 3.12. The topological polar surface area (TPSA) is 100.0 Å². The molecule has 0 aliphatic carbocycles. The monoisotopic (exact) mass is 665 g/mol. The predicted octanol–water partition coefficient (Wildman–Crippen LogP) is 6.86. The molecule has 0 spiro atoms. The van der Waals surface area contributed by atoms with Gasteiger partial charge in [-0.3, -0.25) is 19.2 Å². The van der Waals surface area contributed by atoms with Crippen molar-refractivity contribution >= 4 is 33.2 Å². The predicted molar refractivity (Wildman–Crippen MR) is 183 cm³/mol. The average molecular weight is 666 g/mol. The highest BCUT2D eigenvalue weighted by molar-refractivity contribution is 5.92. The van der Waals surface area contributed by atoms with Crippen LogP contribution in [0.1, 0.15) is 6.42 Å². The van der Waals surface area contributed by atoms with E-state index in [-0.39, 0.29) is 17.1 Å². The zero-order valence-corrected chi connectivity index (χ0v) is 26.7. The van der Waals surface area contributed by atoms with Crippen LogP contribution in [0.4, 0.5) is 20.3 Å². The second-order valence-electron chi connectivity index (χ2n) is 11.4. The Morgan fingerprint density at radius 2 is 1.69 bits per heavy atom. The number of benzene rings is 3. The molecule has 1 saturated heterocycles. The summed E-state index contributed by atoms with van der Waals surface area (Å²) in [6, 6.07) is 18.7. The largest absolute Gasteiger partial charge is 0.493 e. The van der Waals surface area contributed by atoms with Gasteiger partial charge in [0.15, 0.2) is 23.1 Å². The van der Waals surface area contributed by atoms with Gasteiger partial charge in [0.05, 0.1) is 37.8 Å². The first-order valence-electron chi connectivity index (χ1n) is 15.9. The summed E-state index contributed by atoms with van der Waals surface area (Å²) in [5.74, 6) is 0.665. The van der Waals surface area contributed by atoms with Gasteiger partial charge in [-0.25, -0.2) is 13.8 Å². The molecule has 1 aliphatic heterocycles. The Kier molecular flexibility index (Phi) is 9.31. The summed E-state index contributed by atoms with van der Waals surface area (Å²) in [4.78, 5) is 24.7. The van der Waals surface area contributed by atoms with Crippen LogP contribution in [0, 0.1) is 11.6 Å². The van der Waals surface area contributed by atoms with Gasteiger partial charge in [-0.1, -0.05) is 0 Å². The van der Waals surface area contributed by atoms with Crippen molar-refractivity contribution in [3.05, 3.63) is 113 Å². The van der Waals surface area contributed by atoms with Crippen LogP contribution in [0.15, 0.2) is 96.2 Å². The van der Waals surface area contributed by atoms with Crippen LogP contribution in [-0.4, -0.2) is 66.0 Å². The summed E-state index contributed by atoms with van der Waals surface area (Å²) in [6.45, 7) is 4.80. The minimum atomic E-state index is -0.633. The van der Waals surface area contributed by atoms with E-state index in [1.165, 1.54) is 41.0 Å². The SMILES string of the molecule is COc1cc2c(Oc3ccc(Nc4nccc5ccn(-c6ccc(F)cc6)c(=O)c45)cc3F)ccnc2cc1OCCCN1CCOCC1. The maximum atomic E-state index is 15.5. The van der Waals surface area contributed by atoms with Crippen LogP contribution < -0.4 is 25.1 Å². The van der Waals surface area contributed by atoms with E-state index in [2.05, 4.69) is 20.2 Å². The van der Waals surface area contributed by atoms with Crippen LogP contribution in [-0.2, 0) is 4.74 Å². The van der Waals surface area contributed by atoms with Crippen molar-refractivity contribution in [2.75, 3.05) is 51.9 Å². The summed E-state index contributed by atoms with van der Waals surface area (Å²) in [5, 5.41) is 4.63. The molecule has 0 amide bonds. The third-order valence-corrected chi connectivity index (χ3v) is 8.31. The molecule has 49 heavy (non-hydrogen) atoms. The number of nitrogens with zero attached hydrogens (tertiary/aromatic N) is 4. The summed E-state index contributed by atoms with van der Waals surface area (Å²) in [7, 11) is 1.56. The van der Waals surface area contributed by atoms with Crippen LogP contribution >= 0.6 is 0 Å². The molecule has 12 heteroatoms. The normalized spacial score (nSPS) is 13.4. The van der Waals surface area contributed by atoms with Crippen LogP contribution in [0.2, 0.25) is 0 Å². The lowest BCUT2D eigenvalue weighted by molar-refractivity contribution is 0.0357. The molecule has 1 fully saturated rings. The smallest absolute Gasteiger partial charge is 0.266 e. The fourth-order valence-corrected chi connectivity index (χ4v) is 5.78. The molecule has 0 unspecified atom stereocenters. The molecule has 0 atom stereocenters. The molecule has 1 N–H and O–H groups in total. The second kappa shape index (κ2) is 14.3. The lowest BCUT2D eigenvalue weighted by atomic mass is 10.1. The number of pyridine rings is 3. The number of fused-ring (bicyclic) bond motifs is 2. The zero-order valence-electron chi connectivity index (χ0n) is 26.7. The molecular weight excluding hydrogens is 632 g/mol. The number of methoxy groups -OCH3 is 1. The maximum absolute atomic E-state index is 15.5. The van der Waals surface area contributed by atoms with Gasteiger partial charge in [0.2, 0.25) is 0 Å². The van der Waals surface area contributed by atoms with Crippen molar-refractivity contribution in [2.45, 2.75) is 6.42 Å². The van der Waals surface area contributed by atoms with Gasteiger partial charge in [-0.2, -0.15) is 0 Å². The fourth-order valence-electron chi connectivity index (χ4n) is 5.78. The third-order valence-electron chi connectivity index (χ3n) is 8.31. The summed E-state index contributed by atoms with van der Waals surface area (Å²) >= 11 is 0. The van der Waals surface area contributed by atoms with E-state index < -0.39 is 11.6 Å². The van der Waals surface area contributed by atoms with E-state index in [0.29, 0.717) is 56.9 Å². The van der Waals surface area contributed by atoms with Crippen molar-refractivity contribution in [3.8, 4) is 28.7 Å². The molecule has 3 aromatic heterocycles. The van der Waals surface area contributed by atoms with Gasteiger partial charge in [0.1, 0.15) is 17.4 Å². The first-order valence-corrected chi connectivity index (χ1v) is 15.9. The maximum Gasteiger partial charge on any atom is 0.266 e. The van der Waals surface area contributed by atoms with Gasteiger partial charge < -0.3 is 24.3 Å². The molecule has 0 radical (unpaired) electrons. The quantitative estimate of drug-likeness (QED) is 0.149. The van der Waals surface area contributed by atoms with Crippen molar-refractivity contribution in [2.24, 2.45) is 0 Å². The fraction of sp³-hybridized carbons (Fsp3) is 0.216. The van der Waals surface area contributed by atoms with Crippen molar-refractivity contribution < 1.29 is 27.7 Å². The Balaban J connectivity index is 1.09. The number of ether oxygens (including phenoxy) is 4. The highest BCUT2D eigenvalue weighted by atomic mass is 19.1. The van der Waals surface area contributed by atoms with Crippen molar-refractivity contribution in [1.82, 2.24) is 19.4 Å². The van der Waals surface area contributed by atoms with E-state index >= 15 is 4.39 Å². The number of nitrogens with one attached hydrogen (secondary N) is 1. The minimum Gasteiger partial charge on any atom is -0.493 e. The van der Waals surface area contributed by atoms with E-state index in [1.807, 2.05) is 0 Å². The Morgan fingerprint density at radius 1 is 0.878 bits per heavy atom. The Labute approximate surface area is 280 Å². The van der Waals surface area contributed by atoms with E-state index in [1.54, 1.807) is 62.1 Å². The Morgan fingerprint density at radius 3 is 2.49 bits per heavy atom. The summed E-state index contributed by atoms with van der Waals surface area (Å²) in [6.07, 6.45) is 5.62. The molecule has 10 nitrogen and oxygen atoms in total. The van der Waals surface area contributed by atoms with Crippen LogP contribution in [0.3, 0.4) is 0 Å². The van der Waals surface area contributed by atoms with E-state index in [4.69, 9.17) is 18.9 Å². The molecule has 6 aromatic rings. The van der Waals surface area contributed by atoms with Gasteiger partial charge in [0, 0.05) is 67.1 Å². The van der Waals surface area contributed by atoms with E-state index in [9.17, 15) is 9.18 Å². The highest BCUT2D eigenvalue weighted by Crippen LogP contribution is 2.38. The summed E-state index contributed by atoms with van der Waals surface area (Å²) in [5.41, 5.74) is 1.11. The number of halogens is 2. The molecule has 1 aliphatic rings. The standard InChI is InChI=1S/C37H33F2N5O5/c1-46-33-22-28-30(23-34(33)48-18-2-14-43-16-19-47-20-17-43)40-13-10-31(28)49-32-8-5-26(21-29(32)39)42-36-35-24(9-12-41-36)11-15-44(37(35)45)27-6-3-25(38)4-7-27/h3-13,15,21-23H,2,14,16-20H2,1H3,(H,41,42). The zero-order chi connectivity index (χ0) is 33.7. The number of morpholine rings is 1. The minimum absolute atomic E-state index is 0.00926. The van der Waals surface area contributed by atoms with Gasteiger partial charge in [-0.05, 0) is 72.5 Å². The highest BCUT2D eigenvalue weighted by Gasteiger charge is 2.16. The van der Waals surface area contributed by atoms with Gasteiger partial charge in [-0.15, -0.1) is 0 Å². The lowest BCUT2D eigenvalue weighted by Gasteiger charge is -2.26. The number of anilines is 2. The number of aromatic nitrogens is 3. The Bertz CT molecular complexity index is 2170. The van der Waals surface area contributed by atoms with Crippen molar-refractivity contribution in [3.63, 3.8) is 0 Å². The van der Waals surface area contributed by atoms with Gasteiger partial charge in [0.25, 0.3) is 5.56 Å². The molecule has 0 bridgehead atoms. The van der Waals surface area contributed by atoms with Crippen LogP contribution in [0.5, 0.6) is 23.0 Å². The molecule has 0 saturated carbocycles. The molecule has 3 aromatic carbocycles. The number of hydrogen-bond donors (Lipinski definition) is 1. The molecule has 7 rings (SSSR count). The van der Waals surface area contributed by atoms with Crippen LogP contribution in [0.25, 0.3) is 27.4 Å². The lowest BCUT2D eigenvalue weighted by Crippen LogP contribution is -2.37. The molecule has 4 heterocycles. The molecular formula is C37H33F2N5O5. The number of rotatable bonds is 11. The molecule has 250 valence electrons. The Hall–Kier alpha value is -5.59. The van der Waals surface area contributed by atoms with Gasteiger partial charge >= 0.3 is 0 Å². The second-order valence-corrected chi connectivity index (χ2v) is 11.4. The first kappa shape index (κ1) is 32.0. The van der Waals surface area contributed by atoms with Crippen molar-refractivity contribution in [1.29, 1.82) is 0 Å². The third kappa shape index (κ3) is 7.01.